The Bertz CT molecular complexity index is 759. The first-order valence-electron chi connectivity index (χ1n) is 8.03. The molecule has 0 aromatic heterocycles. The SMILES string of the molecule is Cc1ccc(C=CC(=C=CC(C)C)OC(=O)c2ccccc2)cc1. The van der Waals surface area contributed by atoms with E-state index in [0.717, 1.165) is 5.56 Å². The summed E-state index contributed by atoms with van der Waals surface area (Å²) >= 11 is 0. The van der Waals surface area contributed by atoms with Gasteiger partial charge in [0.2, 0.25) is 0 Å². The molecule has 0 spiro atoms. The van der Waals surface area contributed by atoms with Gasteiger partial charge in [0.15, 0.2) is 5.76 Å². The summed E-state index contributed by atoms with van der Waals surface area (Å²) in [6.07, 6.45) is 5.56. The molecule has 0 fully saturated rings. The van der Waals surface area contributed by atoms with Gasteiger partial charge in [-0.2, -0.15) is 0 Å². The number of carbonyl (C=O) groups excluding carboxylic acids is 1. The molecule has 0 N–H and O–H groups in total. The Morgan fingerprint density at radius 3 is 2.33 bits per heavy atom. The molecule has 24 heavy (non-hydrogen) atoms. The average Bonchev–Trinajstić information content (AvgIpc) is 2.59. The van der Waals surface area contributed by atoms with E-state index < -0.39 is 0 Å². The number of esters is 1. The zero-order chi connectivity index (χ0) is 17.4. The van der Waals surface area contributed by atoms with Crippen molar-refractivity contribution in [3.05, 3.63) is 94.9 Å². The van der Waals surface area contributed by atoms with Crippen LogP contribution in [0, 0.1) is 12.8 Å². The quantitative estimate of drug-likeness (QED) is 0.312. The van der Waals surface area contributed by atoms with Gasteiger partial charge in [0.25, 0.3) is 0 Å². The van der Waals surface area contributed by atoms with Crippen molar-refractivity contribution in [3.8, 4) is 0 Å². The van der Waals surface area contributed by atoms with Crippen molar-refractivity contribution in [2.75, 3.05) is 0 Å². The lowest BCUT2D eigenvalue weighted by Gasteiger charge is -2.03. The predicted octanol–water partition coefficient (Wildman–Crippen LogP) is 5.56. The monoisotopic (exact) mass is 318 g/mol. The molecule has 0 radical (unpaired) electrons. The van der Waals surface area contributed by atoms with Crippen molar-refractivity contribution < 1.29 is 9.53 Å². The fourth-order valence-electron chi connectivity index (χ4n) is 1.94. The summed E-state index contributed by atoms with van der Waals surface area (Å²) < 4.78 is 5.48. The van der Waals surface area contributed by atoms with E-state index in [0.29, 0.717) is 17.2 Å². The maximum atomic E-state index is 12.2. The van der Waals surface area contributed by atoms with E-state index in [9.17, 15) is 4.79 Å². The molecule has 2 nitrogen and oxygen atoms in total. The fraction of sp³-hybridized carbons (Fsp3) is 0.182. The number of rotatable bonds is 5. The minimum atomic E-state index is -0.385. The molecule has 0 heterocycles. The van der Waals surface area contributed by atoms with Crippen LogP contribution in [-0.4, -0.2) is 5.97 Å². The lowest BCUT2D eigenvalue weighted by Crippen LogP contribution is -2.03. The van der Waals surface area contributed by atoms with Crippen LogP contribution in [-0.2, 0) is 4.74 Å². The predicted molar refractivity (Wildman–Crippen MR) is 98.5 cm³/mol. The van der Waals surface area contributed by atoms with E-state index >= 15 is 0 Å². The van der Waals surface area contributed by atoms with Crippen LogP contribution in [0.25, 0.3) is 6.08 Å². The van der Waals surface area contributed by atoms with Crippen LogP contribution in [0.3, 0.4) is 0 Å². The smallest absolute Gasteiger partial charge is 0.344 e. The van der Waals surface area contributed by atoms with Crippen LogP contribution in [0.1, 0.15) is 35.3 Å². The molecule has 2 aromatic carbocycles. The second-order valence-electron chi connectivity index (χ2n) is 5.92. The third-order valence-electron chi connectivity index (χ3n) is 3.28. The standard InChI is InChI=1S/C22H22O2/c1-17(2)9-15-21(16-14-19-12-10-18(3)11-13-19)24-22(23)20-7-5-4-6-8-20/h4-14,16-17H,1-3H3. The number of aryl methyl sites for hydroxylation is 1. The summed E-state index contributed by atoms with van der Waals surface area (Å²) in [4.78, 5) is 12.2. The number of benzene rings is 2. The zero-order valence-electron chi connectivity index (χ0n) is 14.3. The van der Waals surface area contributed by atoms with Gasteiger partial charge in [-0.15, -0.1) is 0 Å². The highest BCUT2D eigenvalue weighted by molar-refractivity contribution is 5.90. The number of ether oxygens (including phenoxy) is 1. The largest absolute Gasteiger partial charge is 0.414 e. The number of hydrogen-bond acceptors (Lipinski definition) is 2. The second-order valence-corrected chi connectivity index (χ2v) is 5.92. The maximum absolute atomic E-state index is 12.2. The molecule has 0 unspecified atom stereocenters. The summed E-state index contributed by atoms with van der Waals surface area (Å²) in [7, 11) is 0. The van der Waals surface area contributed by atoms with Gasteiger partial charge >= 0.3 is 5.97 Å². The minimum Gasteiger partial charge on any atom is -0.414 e. The summed E-state index contributed by atoms with van der Waals surface area (Å²) in [5, 5.41) is 0. The van der Waals surface area contributed by atoms with Gasteiger partial charge in [0, 0.05) is 0 Å². The Morgan fingerprint density at radius 1 is 1.04 bits per heavy atom. The van der Waals surface area contributed by atoms with Crippen molar-refractivity contribution in [2.45, 2.75) is 20.8 Å². The minimum absolute atomic E-state index is 0.322. The zero-order valence-corrected chi connectivity index (χ0v) is 14.3. The first-order valence-corrected chi connectivity index (χ1v) is 8.03. The summed E-state index contributed by atoms with van der Waals surface area (Å²) in [6, 6.07) is 17.1. The second kappa shape index (κ2) is 8.71. The molecule has 122 valence electrons. The summed E-state index contributed by atoms with van der Waals surface area (Å²) in [5.74, 6) is 0.338. The molecule has 0 aliphatic carbocycles. The Balaban J connectivity index is 2.20. The normalized spacial score (nSPS) is 10.5. The van der Waals surface area contributed by atoms with Crippen LogP contribution in [0.15, 0.2) is 78.2 Å². The highest BCUT2D eigenvalue weighted by atomic mass is 16.5. The van der Waals surface area contributed by atoms with Crippen molar-refractivity contribution >= 4 is 12.0 Å². The Kier molecular flexibility index (Phi) is 6.36. The van der Waals surface area contributed by atoms with E-state index in [1.54, 1.807) is 18.2 Å². The molecular formula is C22H22O2. The molecule has 0 amide bonds. The van der Waals surface area contributed by atoms with Gasteiger partial charge in [-0.05, 0) is 42.7 Å². The van der Waals surface area contributed by atoms with Crippen LogP contribution < -0.4 is 0 Å². The van der Waals surface area contributed by atoms with Gasteiger partial charge in [-0.25, -0.2) is 4.79 Å². The summed E-state index contributed by atoms with van der Waals surface area (Å²) in [6.45, 7) is 6.15. The fourth-order valence-corrected chi connectivity index (χ4v) is 1.94. The van der Waals surface area contributed by atoms with Gasteiger partial charge in [-0.3, -0.25) is 0 Å². The average molecular weight is 318 g/mol. The third kappa shape index (κ3) is 5.75. The van der Waals surface area contributed by atoms with E-state index in [-0.39, 0.29) is 5.97 Å². The van der Waals surface area contributed by atoms with Gasteiger partial charge < -0.3 is 4.74 Å². The van der Waals surface area contributed by atoms with Gasteiger partial charge in [0.05, 0.1) is 5.56 Å². The van der Waals surface area contributed by atoms with E-state index in [1.165, 1.54) is 5.56 Å². The van der Waals surface area contributed by atoms with E-state index in [2.05, 4.69) is 5.73 Å². The Hall–Kier alpha value is -2.83. The highest BCUT2D eigenvalue weighted by Crippen LogP contribution is 2.11. The first kappa shape index (κ1) is 17.5. The van der Waals surface area contributed by atoms with Crippen LogP contribution in [0.2, 0.25) is 0 Å². The highest BCUT2D eigenvalue weighted by Gasteiger charge is 2.07. The number of carbonyl (C=O) groups is 1. The third-order valence-corrected chi connectivity index (χ3v) is 3.28. The van der Waals surface area contributed by atoms with Crippen molar-refractivity contribution in [2.24, 2.45) is 5.92 Å². The van der Waals surface area contributed by atoms with Crippen LogP contribution in [0.5, 0.6) is 0 Å². The molecule has 2 heteroatoms. The molecule has 0 atom stereocenters. The van der Waals surface area contributed by atoms with E-state index in [4.69, 9.17) is 4.74 Å². The van der Waals surface area contributed by atoms with Crippen LogP contribution in [0.4, 0.5) is 0 Å². The number of hydrogen-bond donors (Lipinski definition) is 0. The van der Waals surface area contributed by atoms with Crippen molar-refractivity contribution in [3.63, 3.8) is 0 Å². The number of allylic oxidation sites excluding steroid dienone is 1. The van der Waals surface area contributed by atoms with Gasteiger partial charge in [-0.1, -0.05) is 73.7 Å². The van der Waals surface area contributed by atoms with Crippen molar-refractivity contribution in [1.29, 1.82) is 0 Å². The summed E-state index contributed by atoms with van der Waals surface area (Å²) in [5.41, 5.74) is 5.83. The van der Waals surface area contributed by atoms with Crippen LogP contribution >= 0.6 is 0 Å². The maximum Gasteiger partial charge on any atom is 0.344 e. The Labute approximate surface area is 143 Å². The molecule has 2 aromatic rings. The van der Waals surface area contributed by atoms with E-state index in [1.807, 2.05) is 75.4 Å². The van der Waals surface area contributed by atoms with Crippen molar-refractivity contribution in [1.82, 2.24) is 0 Å². The molecule has 0 saturated heterocycles. The van der Waals surface area contributed by atoms with Gasteiger partial charge in [0.1, 0.15) is 0 Å². The molecular weight excluding hydrogens is 296 g/mol. The lowest BCUT2D eigenvalue weighted by atomic mass is 10.1. The molecule has 0 aliphatic rings. The molecule has 0 saturated carbocycles. The first-order chi connectivity index (χ1) is 11.5. The topological polar surface area (TPSA) is 26.3 Å². The molecule has 0 aliphatic heterocycles. The molecule has 0 bridgehead atoms. The molecule has 2 rings (SSSR count). The lowest BCUT2D eigenvalue weighted by molar-refractivity contribution is 0.0638. The Morgan fingerprint density at radius 2 is 1.71 bits per heavy atom.